The molecule has 4 N–H and O–H groups in total. The lowest BCUT2D eigenvalue weighted by Gasteiger charge is -2.28. The predicted molar refractivity (Wildman–Crippen MR) is 104 cm³/mol. The third-order valence-corrected chi connectivity index (χ3v) is 4.80. The number of anilines is 2. The lowest BCUT2D eigenvalue weighted by atomic mass is 9.81. The third-order valence-electron chi connectivity index (χ3n) is 4.58. The van der Waals surface area contributed by atoms with Crippen molar-refractivity contribution in [3.8, 4) is 0 Å². The number of pyridine rings is 1. The maximum Gasteiger partial charge on any atom is 0.256 e. The number of hydrogen-bond donors (Lipinski definition) is 3. The number of hydrogen-bond acceptors (Lipinski definition) is 4. The quantitative estimate of drug-likeness (QED) is 0.688. The first kappa shape index (κ1) is 19.9. The number of nitrogens with zero attached hydrogens (tertiary/aromatic N) is 1. The average Bonchev–Trinajstić information content (AvgIpc) is 2.66. The number of carbonyl (C=O) groups excluding carboxylic acids is 2. The maximum absolute atomic E-state index is 12.6. The van der Waals surface area contributed by atoms with Crippen molar-refractivity contribution < 1.29 is 9.59 Å². The minimum absolute atomic E-state index is 0.137. The molecule has 0 spiro atoms. The van der Waals surface area contributed by atoms with Crippen molar-refractivity contribution in [1.29, 1.82) is 0 Å². The molecule has 2 amide bonds. The molecular formula is C19H23ClN4O2. The van der Waals surface area contributed by atoms with E-state index in [9.17, 15) is 9.59 Å². The Bertz CT molecular complexity index is 765. The van der Waals surface area contributed by atoms with Gasteiger partial charge in [-0.2, -0.15) is 0 Å². The summed E-state index contributed by atoms with van der Waals surface area (Å²) < 4.78 is 0. The second kappa shape index (κ2) is 8.78. The van der Waals surface area contributed by atoms with E-state index in [0.29, 0.717) is 34.9 Å². The van der Waals surface area contributed by atoms with Gasteiger partial charge in [0.15, 0.2) is 0 Å². The van der Waals surface area contributed by atoms with Gasteiger partial charge in [0, 0.05) is 24.0 Å². The molecule has 2 aromatic rings. The molecular weight excluding hydrogens is 352 g/mol. The first-order chi connectivity index (χ1) is 12.4. The van der Waals surface area contributed by atoms with Crippen molar-refractivity contribution in [3.05, 3.63) is 53.2 Å². The van der Waals surface area contributed by atoms with E-state index in [-0.39, 0.29) is 18.4 Å². The molecule has 6 nitrogen and oxygen atoms in total. The van der Waals surface area contributed by atoms with Crippen LogP contribution in [0.5, 0.6) is 0 Å². The molecule has 0 aliphatic rings. The Labute approximate surface area is 158 Å². The van der Waals surface area contributed by atoms with Gasteiger partial charge in [0.2, 0.25) is 5.91 Å². The SMILES string of the molecule is CCC(CC)(CN)C(=O)Nc1cccc(C(=O)Nc2ccc(Cl)cn2)c1. The van der Waals surface area contributed by atoms with Crippen molar-refractivity contribution >= 4 is 34.9 Å². The molecule has 0 aliphatic heterocycles. The van der Waals surface area contributed by atoms with Crippen LogP contribution in [0.2, 0.25) is 5.02 Å². The van der Waals surface area contributed by atoms with Crippen molar-refractivity contribution in [1.82, 2.24) is 4.98 Å². The monoisotopic (exact) mass is 374 g/mol. The Hall–Kier alpha value is -2.44. The molecule has 0 aliphatic carbocycles. The zero-order valence-corrected chi connectivity index (χ0v) is 15.6. The Morgan fingerprint density at radius 3 is 2.46 bits per heavy atom. The summed E-state index contributed by atoms with van der Waals surface area (Å²) in [6.45, 7) is 4.16. The standard InChI is InChI=1S/C19H23ClN4O2/c1-3-19(4-2,12-21)18(26)23-15-7-5-6-13(10-15)17(25)24-16-9-8-14(20)11-22-16/h5-11H,3-4,12,21H2,1-2H3,(H,23,26)(H,22,24,25). The lowest BCUT2D eigenvalue weighted by molar-refractivity contribution is -0.125. The Kier molecular flexibility index (Phi) is 6.71. The molecule has 26 heavy (non-hydrogen) atoms. The number of carbonyl (C=O) groups is 2. The van der Waals surface area contributed by atoms with Gasteiger partial charge in [0.25, 0.3) is 5.91 Å². The second-order valence-electron chi connectivity index (χ2n) is 6.04. The number of benzene rings is 1. The largest absolute Gasteiger partial charge is 0.329 e. The zero-order chi connectivity index (χ0) is 19.2. The van der Waals surface area contributed by atoms with Crippen LogP contribution in [0.4, 0.5) is 11.5 Å². The zero-order valence-electron chi connectivity index (χ0n) is 14.9. The van der Waals surface area contributed by atoms with E-state index in [1.165, 1.54) is 6.20 Å². The smallest absolute Gasteiger partial charge is 0.256 e. The average molecular weight is 375 g/mol. The Morgan fingerprint density at radius 1 is 1.15 bits per heavy atom. The number of nitrogens with two attached hydrogens (primary N) is 1. The van der Waals surface area contributed by atoms with E-state index < -0.39 is 5.41 Å². The minimum atomic E-state index is -0.606. The molecule has 2 rings (SSSR count). The molecule has 1 aromatic carbocycles. The highest BCUT2D eigenvalue weighted by atomic mass is 35.5. The first-order valence-corrected chi connectivity index (χ1v) is 8.86. The fraction of sp³-hybridized carbons (Fsp3) is 0.316. The molecule has 1 aromatic heterocycles. The van der Waals surface area contributed by atoms with Gasteiger partial charge in [0.1, 0.15) is 5.82 Å². The van der Waals surface area contributed by atoms with E-state index in [2.05, 4.69) is 15.6 Å². The molecule has 1 heterocycles. The summed E-state index contributed by atoms with van der Waals surface area (Å²) in [5.74, 6) is -0.0677. The van der Waals surface area contributed by atoms with Crippen LogP contribution in [-0.4, -0.2) is 23.3 Å². The fourth-order valence-electron chi connectivity index (χ4n) is 2.59. The summed E-state index contributed by atoms with van der Waals surface area (Å²) in [5, 5.41) is 6.05. The summed E-state index contributed by atoms with van der Waals surface area (Å²) in [6.07, 6.45) is 2.75. The van der Waals surface area contributed by atoms with Gasteiger partial charge in [-0.1, -0.05) is 31.5 Å². The molecule has 7 heteroatoms. The van der Waals surface area contributed by atoms with E-state index in [4.69, 9.17) is 17.3 Å². The van der Waals surface area contributed by atoms with Gasteiger partial charge >= 0.3 is 0 Å². The van der Waals surface area contributed by atoms with Gasteiger partial charge in [-0.05, 0) is 43.2 Å². The van der Waals surface area contributed by atoms with Crippen LogP contribution in [0.15, 0.2) is 42.6 Å². The topological polar surface area (TPSA) is 97.1 Å². The Morgan fingerprint density at radius 2 is 1.88 bits per heavy atom. The lowest BCUT2D eigenvalue weighted by Crippen LogP contribution is -2.41. The van der Waals surface area contributed by atoms with Crippen LogP contribution >= 0.6 is 11.6 Å². The normalized spacial score (nSPS) is 11.1. The molecule has 0 unspecified atom stereocenters. The third kappa shape index (κ3) is 4.59. The number of amides is 2. The Balaban J connectivity index is 2.13. The van der Waals surface area contributed by atoms with Crippen molar-refractivity contribution in [2.24, 2.45) is 11.1 Å². The molecule has 0 saturated heterocycles. The molecule has 138 valence electrons. The van der Waals surface area contributed by atoms with Gasteiger partial charge in [0.05, 0.1) is 10.4 Å². The van der Waals surface area contributed by atoms with Crippen molar-refractivity contribution in [2.75, 3.05) is 17.2 Å². The first-order valence-electron chi connectivity index (χ1n) is 8.48. The summed E-state index contributed by atoms with van der Waals surface area (Å²) in [6, 6.07) is 9.99. The summed E-state index contributed by atoms with van der Waals surface area (Å²) >= 11 is 5.78. The van der Waals surface area contributed by atoms with Gasteiger partial charge < -0.3 is 16.4 Å². The van der Waals surface area contributed by atoms with Crippen molar-refractivity contribution in [3.63, 3.8) is 0 Å². The highest BCUT2D eigenvalue weighted by Gasteiger charge is 2.33. The number of aromatic nitrogens is 1. The van der Waals surface area contributed by atoms with Crippen LogP contribution in [0.25, 0.3) is 0 Å². The highest BCUT2D eigenvalue weighted by molar-refractivity contribution is 6.30. The summed E-state index contributed by atoms with van der Waals surface area (Å²) in [7, 11) is 0. The van der Waals surface area contributed by atoms with Gasteiger partial charge in [-0.25, -0.2) is 4.98 Å². The number of halogens is 1. The molecule has 0 saturated carbocycles. The van der Waals surface area contributed by atoms with E-state index in [1.807, 2.05) is 13.8 Å². The second-order valence-corrected chi connectivity index (χ2v) is 6.48. The summed E-state index contributed by atoms with van der Waals surface area (Å²) in [4.78, 5) is 29.0. The van der Waals surface area contributed by atoms with Crippen molar-refractivity contribution in [2.45, 2.75) is 26.7 Å². The van der Waals surface area contributed by atoms with E-state index >= 15 is 0 Å². The van der Waals surface area contributed by atoms with Crippen LogP contribution < -0.4 is 16.4 Å². The van der Waals surface area contributed by atoms with Crippen LogP contribution in [-0.2, 0) is 4.79 Å². The fourth-order valence-corrected chi connectivity index (χ4v) is 2.70. The molecule has 0 fully saturated rings. The number of nitrogens with one attached hydrogen (secondary N) is 2. The van der Waals surface area contributed by atoms with Gasteiger partial charge in [-0.3, -0.25) is 9.59 Å². The predicted octanol–water partition coefficient (Wildman–Crippen LogP) is 3.69. The van der Waals surface area contributed by atoms with E-state index in [0.717, 1.165) is 0 Å². The van der Waals surface area contributed by atoms with Crippen LogP contribution in [0.3, 0.4) is 0 Å². The molecule has 0 bridgehead atoms. The van der Waals surface area contributed by atoms with Crippen LogP contribution in [0.1, 0.15) is 37.0 Å². The van der Waals surface area contributed by atoms with Gasteiger partial charge in [-0.15, -0.1) is 0 Å². The van der Waals surface area contributed by atoms with E-state index in [1.54, 1.807) is 36.4 Å². The van der Waals surface area contributed by atoms with Crippen LogP contribution in [0, 0.1) is 5.41 Å². The minimum Gasteiger partial charge on any atom is -0.329 e. The maximum atomic E-state index is 12.6. The molecule has 0 radical (unpaired) electrons. The highest BCUT2D eigenvalue weighted by Crippen LogP contribution is 2.27. The summed E-state index contributed by atoms with van der Waals surface area (Å²) in [5.41, 5.74) is 6.17. The molecule has 0 atom stereocenters. The number of rotatable bonds is 7.